The molecule has 5 atom stereocenters. The molecule has 19 heavy (non-hydrogen) atoms. The summed E-state index contributed by atoms with van der Waals surface area (Å²) in [5.41, 5.74) is 0. The molecule has 4 rings (SSSR count). The summed E-state index contributed by atoms with van der Waals surface area (Å²) in [6, 6.07) is 0.239. The van der Waals surface area contributed by atoms with E-state index in [-0.39, 0.29) is 35.4 Å². The zero-order chi connectivity index (χ0) is 13.0. The Morgan fingerprint density at radius 3 is 2.84 bits per heavy atom. The fourth-order valence-electron chi connectivity index (χ4n) is 3.89. The fourth-order valence-corrected chi connectivity index (χ4v) is 6.47. The standard InChI is InChI=1S/C13H19NO4Se/c15-10-11-9(8-6-19-12(10)17-8)14(13(16)18-11)7-4-2-1-3-5-7/h7-12,15H,1-6H2/t8-,9-,10-,11+,12+/m1/s1. The minimum atomic E-state index is -0.624. The van der Waals surface area contributed by atoms with Crippen LogP contribution in [0.1, 0.15) is 32.1 Å². The van der Waals surface area contributed by atoms with Crippen molar-refractivity contribution < 1.29 is 19.4 Å². The fraction of sp³-hybridized carbons (Fsp3) is 0.923. The molecule has 106 valence electrons. The van der Waals surface area contributed by atoms with Crippen LogP contribution in [0.25, 0.3) is 0 Å². The van der Waals surface area contributed by atoms with Gasteiger partial charge in [-0.1, -0.05) is 0 Å². The van der Waals surface area contributed by atoms with E-state index in [1.807, 2.05) is 4.90 Å². The van der Waals surface area contributed by atoms with Crippen LogP contribution in [-0.4, -0.2) is 66.5 Å². The van der Waals surface area contributed by atoms with Crippen LogP contribution in [0.15, 0.2) is 0 Å². The van der Waals surface area contributed by atoms with E-state index in [1.54, 1.807) is 0 Å². The van der Waals surface area contributed by atoms with Crippen LogP contribution >= 0.6 is 0 Å². The molecule has 0 aromatic heterocycles. The van der Waals surface area contributed by atoms with Crippen molar-refractivity contribution in [2.24, 2.45) is 0 Å². The number of carbonyl (C=O) groups is 1. The van der Waals surface area contributed by atoms with E-state index < -0.39 is 6.10 Å². The number of hydrogen-bond acceptors (Lipinski definition) is 4. The third-order valence-corrected chi connectivity index (χ3v) is 7.40. The van der Waals surface area contributed by atoms with Gasteiger partial charge in [0, 0.05) is 0 Å². The van der Waals surface area contributed by atoms with Crippen LogP contribution in [0.2, 0.25) is 5.32 Å². The molecule has 1 N–H and O–H groups in total. The van der Waals surface area contributed by atoms with Gasteiger partial charge in [-0.3, -0.25) is 0 Å². The Kier molecular flexibility index (Phi) is 3.03. The first-order chi connectivity index (χ1) is 9.25. The predicted octanol–water partition coefficient (Wildman–Crippen LogP) is 0.730. The van der Waals surface area contributed by atoms with Crippen molar-refractivity contribution in [3.05, 3.63) is 0 Å². The SMILES string of the molecule is O=C1O[C@@H]2[C@@H](O)[C@H]3O[C@H](C[Se]3)[C@H]2N1C1CCCCC1. The average molecular weight is 332 g/mol. The van der Waals surface area contributed by atoms with Crippen molar-refractivity contribution in [3.63, 3.8) is 0 Å². The summed E-state index contributed by atoms with van der Waals surface area (Å²) in [6.45, 7) is 0. The van der Waals surface area contributed by atoms with E-state index in [4.69, 9.17) is 9.47 Å². The summed E-state index contributed by atoms with van der Waals surface area (Å²) in [7, 11) is 0. The Labute approximate surface area is 118 Å². The van der Waals surface area contributed by atoms with Crippen molar-refractivity contribution in [3.8, 4) is 0 Å². The normalized spacial score (nSPS) is 46.3. The van der Waals surface area contributed by atoms with Gasteiger partial charge in [-0.05, 0) is 0 Å². The molecule has 3 aliphatic heterocycles. The van der Waals surface area contributed by atoms with E-state index >= 15 is 0 Å². The maximum atomic E-state index is 12.2. The molecule has 0 spiro atoms. The third-order valence-electron chi connectivity index (χ3n) is 4.80. The zero-order valence-electron chi connectivity index (χ0n) is 10.7. The first-order valence-electron chi connectivity index (χ1n) is 7.20. The van der Waals surface area contributed by atoms with Crippen molar-refractivity contribution in [1.29, 1.82) is 0 Å². The summed E-state index contributed by atoms with van der Waals surface area (Å²) in [6.07, 6.45) is 4.64. The summed E-state index contributed by atoms with van der Waals surface area (Å²) in [5.74, 6) is 0. The van der Waals surface area contributed by atoms with Gasteiger partial charge in [0.25, 0.3) is 0 Å². The van der Waals surface area contributed by atoms with Crippen molar-refractivity contribution in [2.75, 3.05) is 0 Å². The molecular weight excluding hydrogens is 313 g/mol. The minimum absolute atomic E-state index is 0.0498. The third kappa shape index (κ3) is 1.84. The molecule has 4 fully saturated rings. The molecule has 0 unspecified atom stereocenters. The molecule has 0 aromatic rings. The van der Waals surface area contributed by atoms with E-state index in [2.05, 4.69) is 0 Å². The van der Waals surface area contributed by atoms with Crippen LogP contribution in [-0.2, 0) is 9.47 Å². The zero-order valence-corrected chi connectivity index (χ0v) is 12.4. The van der Waals surface area contributed by atoms with Crippen molar-refractivity contribution in [2.45, 2.75) is 72.8 Å². The molecule has 2 bridgehead atoms. The first kappa shape index (κ1) is 12.5. The van der Waals surface area contributed by atoms with E-state index in [9.17, 15) is 9.90 Å². The second-order valence-corrected chi connectivity index (χ2v) is 8.28. The topological polar surface area (TPSA) is 59.0 Å². The number of hydrogen-bond donors (Lipinski definition) is 1. The quantitative estimate of drug-likeness (QED) is 0.720. The van der Waals surface area contributed by atoms with Gasteiger partial charge in [-0.15, -0.1) is 0 Å². The second-order valence-electron chi connectivity index (χ2n) is 5.90. The average Bonchev–Trinajstić information content (AvgIpc) is 3.00. The molecule has 3 heterocycles. The van der Waals surface area contributed by atoms with Gasteiger partial charge < -0.3 is 0 Å². The molecule has 5 nitrogen and oxygen atoms in total. The number of carbonyl (C=O) groups excluding carboxylic acids is 1. The molecule has 6 heteroatoms. The maximum absolute atomic E-state index is 12.2. The Bertz CT molecular complexity index is 387. The Morgan fingerprint density at radius 2 is 2.05 bits per heavy atom. The second kappa shape index (κ2) is 4.62. The molecule has 1 amide bonds. The number of rotatable bonds is 1. The Balaban J connectivity index is 1.62. The number of aliphatic hydroxyl groups is 1. The van der Waals surface area contributed by atoms with Crippen molar-refractivity contribution >= 4 is 21.1 Å². The van der Waals surface area contributed by atoms with Crippen LogP contribution in [0.4, 0.5) is 4.79 Å². The van der Waals surface area contributed by atoms with Gasteiger partial charge in [0.15, 0.2) is 0 Å². The summed E-state index contributed by atoms with van der Waals surface area (Å²) >= 11 is 0.319. The molecule has 0 radical (unpaired) electrons. The molecule has 0 aromatic carbocycles. The van der Waals surface area contributed by atoms with Crippen LogP contribution in [0, 0.1) is 0 Å². The number of amides is 1. The van der Waals surface area contributed by atoms with Crippen LogP contribution in [0.3, 0.4) is 0 Å². The van der Waals surface area contributed by atoms with Crippen molar-refractivity contribution in [1.82, 2.24) is 4.90 Å². The van der Waals surface area contributed by atoms with Crippen LogP contribution < -0.4 is 0 Å². The van der Waals surface area contributed by atoms with Gasteiger partial charge >= 0.3 is 118 Å². The predicted molar refractivity (Wildman–Crippen MR) is 68.0 cm³/mol. The number of fused-ring (bicyclic) bond motifs is 4. The van der Waals surface area contributed by atoms with E-state index in [0.717, 1.165) is 18.2 Å². The van der Waals surface area contributed by atoms with Gasteiger partial charge in [-0.25, -0.2) is 0 Å². The molecule has 4 aliphatic rings. The van der Waals surface area contributed by atoms with E-state index in [0.29, 0.717) is 15.0 Å². The molecule has 3 saturated heterocycles. The number of nitrogens with zero attached hydrogens (tertiary/aromatic N) is 1. The first-order valence-corrected chi connectivity index (χ1v) is 9.40. The van der Waals surface area contributed by atoms with Gasteiger partial charge in [0.1, 0.15) is 0 Å². The van der Waals surface area contributed by atoms with E-state index in [1.165, 1.54) is 19.3 Å². The number of ether oxygens (including phenoxy) is 2. The molecule has 1 saturated carbocycles. The van der Waals surface area contributed by atoms with Gasteiger partial charge in [-0.2, -0.15) is 0 Å². The molecule has 1 aliphatic carbocycles. The van der Waals surface area contributed by atoms with Gasteiger partial charge in [0.05, 0.1) is 0 Å². The monoisotopic (exact) mass is 333 g/mol. The Hall–Kier alpha value is -0.291. The number of aliphatic hydroxyl groups excluding tert-OH is 1. The summed E-state index contributed by atoms with van der Waals surface area (Å²) in [5, 5.41) is 11.2. The Morgan fingerprint density at radius 1 is 1.26 bits per heavy atom. The van der Waals surface area contributed by atoms with Crippen LogP contribution in [0.5, 0.6) is 0 Å². The van der Waals surface area contributed by atoms with Gasteiger partial charge in [0.2, 0.25) is 0 Å². The summed E-state index contributed by atoms with van der Waals surface area (Å²) in [4.78, 5) is 14.1. The summed E-state index contributed by atoms with van der Waals surface area (Å²) < 4.78 is 11.4. The molecular formula is C13H19NO4Se.